The van der Waals surface area contributed by atoms with Crippen LogP contribution in [0.5, 0.6) is 5.75 Å². The molecule has 0 radical (unpaired) electrons. The van der Waals surface area contributed by atoms with Crippen molar-refractivity contribution >= 4 is 0 Å². The minimum Gasteiger partial charge on any atom is -0.508 e. The Kier molecular flexibility index (Phi) is 3.59. The topological polar surface area (TPSA) is 32.7 Å². The Morgan fingerprint density at radius 1 is 1.56 bits per heavy atom. The van der Waals surface area contributed by atoms with Crippen molar-refractivity contribution < 1.29 is 9.84 Å². The molecule has 0 aromatic heterocycles. The van der Waals surface area contributed by atoms with E-state index in [1.165, 1.54) is 0 Å². The molecular formula is C13H17NO2. The number of aromatic hydroxyl groups is 1. The van der Waals surface area contributed by atoms with Crippen LogP contribution in [0.25, 0.3) is 0 Å². The van der Waals surface area contributed by atoms with Gasteiger partial charge in [-0.15, -0.1) is 6.58 Å². The van der Waals surface area contributed by atoms with Crippen LogP contribution >= 0.6 is 0 Å². The lowest BCUT2D eigenvalue weighted by Crippen LogP contribution is -2.38. The fourth-order valence-corrected chi connectivity index (χ4v) is 1.98. The number of morpholine rings is 1. The molecule has 1 heterocycles. The fraction of sp³-hybridized carbons (Fsp3) is 0.385. The average Bonchev–Trinajstić information content (AvgIpc) is 2.30. The minimum absolute atomic E-state index is 0.0563. The Hall–Kier alpha value is -1.32. The number of benzene rings is 1. The molecule has 86 valence electrons. The van der Waals surface area contributed by atoms with Crippen LogP contribution in [0.3, 0.4) is 0 Å². The molecule has 3 heteroatoms. The van der Waals surface area contributed by atoms with E-state index in [1.807, 2.05) is 18.2 Å². The maximum absolute atomic E-state index is 9.43. The van der Waals surface area contributed by atoms with Crippen LogP contribution in [0.2, 0.25) is 0 Å². The van der Waals surface area contributed by atoms with Gasteiger partial charge in [0.05, 0.1) is 12.7 Å². The molecule has 2 rings (SSSR count). The molecule has 1 N–H and O–H groups in total. The van der Waals surface area contributed by atoms with Gasteiger partial charge < -0.3 is 9.84 Å². The van der Waals surface area contributed by atoms with E-state index in [0.717, 1.165) is 31.8 Å². The lowest BCUT2D eigenvalue weighted by molar-refractivity contribution is -0.0260. The Bertz CT molecular complexity index is 365. The van der Waals surface area contributed by atoms with Gasteiger partial charge in [-0.25, -0.2) is 0 Å². The van der Waals surface area contributed by atoms with Crippen LogP contribution in [0.15, 0.2) is 36.9 Å². The first-order valence-corrected chi connectivity index (χ1v) is 5.53. The van der Waals surface area contributed by atoms with E-state index in [-0.39, 0.29) is 6.10 Å². The van der Waals surface area contributed by atoms with Crippen LogP contribution < -0.4 is 0 Å². The highest BCUT2D eigenvalue weighted by atomic mass is 16.5. The SMILES string of the molecule is C=CCN1CCOC(c2cccc(O)c2)C1. The number of rotatable bonds is 3. The lowest BCUT2D eigenvalue weighted by atomic mass is 10.1. The molecule has 16 heavy (non-hydrogen) atoms. The lowest BCUT2D eigenvalue weighted by Gasteiger charge is -2.32. The first-order chi connectivity index (χ1) is 7.79. The summed E-state index contributed by atoms with van der Waals surface area (Å²) < 4.78 is 5.71. The molecule has 1 aromatic rings. The molecule has 1 saturated heterocycles. The number of nitrogens with zero attached hydrogens (tertiary/aromatic N) is 1. The van der Waals surface area contributed by atoms with Gasteiger partial charge in [0.1, 0.15) is 5.75 Å². The normalized spacial score (nSPS) is 21.9. The number of hydrogen-bond acceptors (Lipinski definition) is 3. The summed E-state index contributed by atoms with van der Waals surface area (Å²) in [5.74, 6) is 0.293. The molecule has 0 spiro atoms. The molecule has 1 atom stereocenters. The first kappa shape index (κ1) is 11.2. The van der Waals surface area contributed by atoms with Crippen LogP contribution in [0.1, 0.15) is 11.7 Å². The maximum Gasteiger partial charge on any atom is 0.115 e. The van der Waals surface area contributed by atoms with Crippen LogP contribution in [-0.2, 0) is 4.74 Å². The van der Waals surface area contributed by atoms with Crippen LogP contribution in [-0.4, -0.2) is 36.2 Å². The van der Waals surface area contributed by atoms with E-state index in [1.54, 1.807) is 12.1 Å². The van der Waals surface area contributed by atoms with Gasteiger partial charge in [-0.05, 0) is 17.7 Å². The third-order valence-corrected chi connectivity index (χ3v) is 2.78. The largest absolute Gasteiger partial charge is 0.508 e. The van der Waals surface area contributed by atoms with E-state index >= 15 is 0 Å². The molecule has 1 unspecified atom stereocenters. The molecule has 0 amide bonds. The van der Waals surface area contributed by atoms with E-state index in [9.17, 15) is 5.11 Å². The summed E-state index contributed by atoms with van der Waals surface area (Å²) in [5.41, 5.74) is 1.04. The van der Waals surface area contributed by atoms with Crippen molar-refractivity contribution in [3.63, 3.8) is 0 Å². The second kappa shape index (κ2) is 5.14. The van der Waals surface area contributed by atoms with Gasteiger partial charge in [-0.1, -0.05) is 18.2 Å². The molecule has 1 aliphatic rings. The second-order valence-electron chi connectivity index (χ2n) is 4.00. The van der Waals surface area contributed by atoms with E-state index in [2.05, 4.69) is 11.5 Å². The van der Waals surface area contributed by atoms with Crippen molar-refractivity contribution in [1.82, 2.24) is 4.90 Å². The molecule has 1 aliphatic heterocycles. The van der Waals surface area contributed by atoms with Crippen molar-refractivity contribution in [3.8, 4) is 5.75 Å². The van der Waals surface area contributed by atoms with E-state index in [0.29, 0.717) is 5.75 Å². The summed E-state index contributed by atoms with van der Waals surface area (Å²) in [5, 5.41) is 9.43. The van der Waals surface area contributed by atoms with Crippen LogP contribution in [0.4, 0.5) is 0 Å². The molecule has 0 bridgehead atoms. The zero-order valence-electron chi connectivity index (χ0n) is 9.30. The summed E-state index contributed by atoms with van der Waals surface area (Å²) in [6.07, 6.45) is 1.96. The third kappa shape index (κ3) is 2.62. The van der Waals surface area contributed by atoms with Gasteiger partial charge in [-0.3, -0.25) is 4.90 Å². The molecule has 0 aliphatic carbocycles. The number of phenolic OH excluding ortho intramolecular Hbond substituents is 1. The smallest absolute Gasteiger partial charge is 0.115 e. The van der Waals surface area contributed by atoms with Gasteiger partial charge in [0.2, 0.25) is 0 Å². The van der Waals surface area contributed by atoms with Gasteiger partial charge in [-0.2, -0.15) is 0 Å². The molecule has 1 fully saturated rings. The Morgan fingerprint density at radius 3 is 3.19 bits per heavy atom. The monoisotopic (exact) mass is 219 g/mol. The highest BCUT2D eigenvalue weighted by Crippen LogP contribution is 2.24. The second-order valence-corrected chi connectivity index (χ2v) is 4.00. The van der Waals surface area contributed by atoms with Crippen molar-refractivity contribution in [2.45, 2.75) is 6.10 Å². The zero-order chi connectivity index (χ0) is 11.4. The van der Waals surface area contributed by atoms with Crippen molar-refractivity contribution in [3.05, 3.63) is 42.5 Å². The van der Waals surface area contributed by atoms with E-state index in [4.69, 9.17) is 4.74 Å². The van der Waals surface area contributed by atoms with Crippen molar-refractivity contribution in [2.24, 2.45) is 0 Å². The summed E-state index contributed by atoms with van der Waals surface area (Å²) >= 11 is 0. The number of hydrogen-bond donors (Lipinski definition) is 1. The molecule has 3 nitrogen and oxygen atoms in total. The Morgan fingerprint density at radius 2 is 2.44 bits per heavy atom. The van der Waals surface area contributed by atoms with Crippen molar-refractivity contribution in [1.29, 1.82) is 0 Å². The highest BCUT2D eigenvalue weighted by Gasteiger charge is 2.21. The first-order valence-electron chi connectivity index (χ1n) is 5.53. The molecule has 1 aromatic carbocycles. The number of ether oxygens (including phenoxy) is 1. The standard InChI is InChI=1S/C13H17NO2/c1-2-6-14-7-8-16-13(10-14)11-4-3-5-12(15)9-11/h2-5,9,13,15H,1,6-8,10H2. The maximum atomic E-state index is 9.43. The van der Waals surface area contributed by atoms with Gasteiger partial charge in [0.15, 0.2) is 0 Å². The number of phenols is 1. The van der Waals surface area contributed by atoms with Crippen LogP contribution in [0, 0.1) is 0 Å². The van der Waals surface area contributed by atoms with E-state index < -0.39 is 0 Å². The molecule has 0 saturated carbocycles. The average molecular weight is 219 g/mol. The fourth-order valence-electron chi connectivity index (χ4n) is 1.98. The van der Waals surface area contributed by atoms with Crippen molar-refractivity contribution in [2.75, 3.05) is 26.2 Å². The van der Waals surface area contributed by atoms with Gasteiger partial charge in [0, 0.05) is 19.6 Å². The Labute approximate surface area is 96.0 Å². The van der Waals surface area contributed by atoms with Gasteiger partial charge >= 0.3 is 0 Å². The molecular weight excluding hydrogens is 202 g/mol. The quantitative estimate of drug-likeness (QED) is 0.789. The third-order valence-electron chi connectivity index (χ3n) is 2.78. The highest BCUT2D eigenvalue weighted by molar-refractivity contribution is 5.29. The summed E-state index contributed by atoms with van der Waals surface area (Å²) in [6.45, 7) is 7.16. The van der Waals surface area contributed by atoms with Gasteiger partial charge in [0.25, 0.3) is 0 Å². The summed E-state index contributed by atoms with van der Waals surface area (Å²) in [6, 6.07) is 7.28. The predicted octanol–water partition coefficient (Wildman–Crippen LogP) is 1.95. The minimum atomic E-state index is 0.0563. The Balaban J connectivity index is 2.06. The zero-order valence-corrected chi connectivity index (χ0v) is 9.30. The predicted molar refractivity (Wildman–Crippen MR) is 63.4 cm³/mol. The summed E-state index contributed by atoms with van der Waals surface area (Å²) in [4.78, 5) is 2.30. The summed E-state index contributed by atoms with van der Waals surface area (Å²) in [7, 11) is 0.